The van der Waals surface area contributed by atoms with Crippen LogP contribution in [0.25, 0.3) is 0 Å². The Morgan fingerprint density at radius 1 is 1.60 bits per heavy atom. The van der Waals surface area contributed by atoms with Crippen molar-refractivity contribution in [2.45, 2.75) is 18.5 Å². The first-order valence-electron chi connectivity index (χ1n) is 4.35. The van der Waals surface area contributed by atoms with Gasteiger partial charge in [0.15, 0.2) is 16.1 Å². The first-order chi connectivity index (χ1) is 7.19. The first kappa shape index (κ1) is 12.1. The number of nitrogens with two attached hydrogens (primary N) is 1. The van der Waals surface area contributed by atoms with Crippen molar-refractivity contribution in [3.05, 3.63) is 5.15 Å². The van der Waals surface area contributed by atoms with Gasteiger partial charge in [-0.3, -0.25) is 4.79 Å². The summed E-state index contributed by atoms with van der Waals surface area (Å²) >= 11 is 7.30. The molecule has 1 aromatic rings. The average molecular weight is 247 g/mol. The highest BCUT2D eigenvalue weighted by Crippen LogP contribution is 2.27. The van der Waals surface area contributed by atoms with E-state index in [1.165, 1.54) is 11.8 Å². The molecule has 0 unspecified atom stereocenters. The lowest BCUT2D eigenvalue weighted by atomic mass is 10.5. The summed E-state index contributed by atoms with van der Waals surface area (Å²) in [6.07, 6.45) is 1.50. The minimum atomic E-state index is 0.160. The van der Waals surface area contributed by atoms with Gasteiger partial charge in [-0.2, -0.15) is 0 Å². The van der Waals surface area contributed by atoms with Gasteiger partial charge in [0.25, 0.3) is 0 Å². The molecule has 0 spiro atoms. The molecule has 0 fully saturated rings. The number of amides is 1. The van der Waals surface area contributed by atoms with E-state index in [0.717, 1.165) is 12.2 Å². The summed E-state index contributed by atoms with van der Waals surface area (Å²) in [7, 11) is 0. The Morgan fingerprint density at radius 3 is 2.87 bits per heavy atom. The highest BCUT2D eigenvalue weighted by Gasteiger charge is 2.10. The molecular formula is C8H11ClN4OS. The molecular weight excluding hydrogens is 236 g/mol. The number of nitrogens with one attached hydrogen (secondary N) is 1. The average Bonchev–Trinajstić information content (AvgIpc) is 2.20. The lowest BCUT2D eigenvalue weighted by molar-refractivity contribution is -0.105. The zero-order valence-electron chi connectivity index (χ0n) is 8.16. The number of hydrogen-bond donors (Lipinski definition) is 2. The summed E-state index contributed by atoms with van der Waals surface area (Å²) in [5, 5.41) is 3.04. The molecule has 0 radical (unpaired) electrons. The van der Waals surface area contributed by atoms with Crippen LogP contribution in [0.2, 0.25) is 5.15 Å². The molecule has 0 saturated carbocycles. The Kier molecular flexibility index (Phi) is 4.64. The standard InChI is InChI=1S/C8H11ClN4OS/c1-2-3-15-8-12-6(9)5(11-4-14)7(10)13-8/h4H,2-3H2,1H3,(H,11,14)(H2,10,12,13). The predicted octanol–water partition coefficient (Wildman–Crippen LogP) is 1.78. The second-order valence-corrected chi connectivity index (χ2v) is 4.09. The summed E-state index contributed by atoms with van der Waals surface area (Å²) in [6, 6.07) is 0. The van der Waals surface area contributed by atoms with Gasteiger partial charge in [-0.15, -0.1) is 0 Å². The van der Waals surface area contributed by atoms with Gasteiger partial charge in [0.1, 0.15) is 5.69 Å². The maximum Gasteiger partial charge on any atom is 0.211 e. The molecule has 0 aliphatic rings. The minimum Gasteiger partial charge on any atom is -0.382 e. The van der Waals surface area contributed by atoms with E-state index in [9.17, 15) is 4.79 Å². The van der Waals surface area contributed by atoms with E-state index in [-0.39, 0.29) is 16.7 Å². The third kappa shape index (κ3) is 3.24. The van der Waals surface area contributed by atoms with Crippen LogP contribution >= 0.6 is 23.4 Å². The topological polar surface area (TPSA) is 80.9 Å². The van der Waals surface area contributed by atoms with Crippen molar-refractivity contribution in [2.75, 3.05) is 16.8 Å². The van der Waals surface area contributed by atoms with E-state index in [1.54, 1.807) is 0 Å². The van der Waals surface area contributed by atoms with Crippen molar-refractivity contribution in [1.29, 1.82) is 0 Å². The van der Waals surface area contributed by atoms with Crippen molar-refractivity contribution < 1.29 is 4.79 Å². The van der Waals surface area contributed by atoms with E-state index in [2.05, 4.69) is 22.2 Å². The smallest absolute Gasteiger partial charge is 0.211 e. The van der Waals surface area contributed by atoms with Crippen LogP contribution in [-0.4, -0.2) is 22.1 Å². The molecule has 3 N–H and O–H groups in total. The molecule has 0 saturated heterocycles. The number of thioether (sulfide) groups is 1. The second-order valence-electron chi connectivity index (χ2n) is 2.67. The molecule has 0 bridgehead atoms. The fraction of sp³-hybridized carbons (Fsp3) is 0.375. The number of nitrogens with zero attached hydrogens (tertiary/aromatic N) is 2. The molecule has 0 aromatic carbocycles. The monoisotopic (exact) mass is 246 g/mol. The number of carbonyl (C=O) groups excluding carboxylic acids is 1. The second kappa shape index (κ2) is 5.77. The van der Waals surface area contributed by atoms with Gasteiger partial charge in [0.2, 0.25) is 6.41 Å². The number of carbonyl (C=O) groups is 1. The van der Waals surface area contributed by atoms with Gasteiger partial charge in [0, 0.05) is 5.75 Å². The van der Waals surface area contributed by atoms with Crippen LogP contribution < -0.4 is 11.1 Å². The molecule has 0 aliphatic heterocycles. The van der Waals surface area contributed by atoms with Crippen LogP contribution in [0.3, 0.4) is 0 Å². The maximum absolute atomic E-state index is 10.2. The normalized spacial score (nSPS) is 10.0. The molecule has 0 aliphatic carbocycles. The van der Waals surface area contributed by atoms with Crippen molar-refractivity contribution in [2.24, 2.45) is 0 Å². The summed E-state index contributed by atoms with van der Waals surface area (Å²) < 4.78 is 0. The minimum absolute atomic E-state index is 0.160. The van der Waals surface area contributed by atoms with Crippen molar-refractivity contribution in [3.63, 3.8) is 0 Å². The number of aromatic nitrogens is 2. The van der Waals surface area contributed by atoms with Crippen LogP contribution in [0.1, 0.15) is 13.3 Å². The highest BCUT2D eigenvalue weighted by atomic mass is 35.5. The van der Waals surface area contributed by atoms with Gasteiger partial charge in [-0.25, -0.2) is 9.97 Å². The summed E-state index contributed by atoms with van der Waals surface area (Å²) in [4.78, 5) is 18.3. The van der Waals surface area contributed by atoms with Crippen molar-refractivity contribution in [3.8, 4) is 0 Å². The molecule has 1 amide bonds. The Balaban J connectivity index is 2.91. The third-order valence-electron chi connectivity index (χ3n) is 1.51. The molecule has 1 heterocycles. The molecule has 1 aromatic heterocycles. The first-order valence-corrected chi connectivity index (χ1v) is 5.71. The predicted molar refractivity (Wildman–Crippen MR) is 62.2 cm³/mol. The largest absolute Gasteiger partial charge is 0.382 e. The van der Waals surface area contributed by atoms with Crippen molar-refractivity contribution in [1.82, 2.24) is 9.97 Å². The molecule has 82 valence electrons. The number of rotatable bonds is 5. The zero-order valence-corrected chi connectivity index (χ0v) is 9.73. The Morgan fingerprint density at radius 2 is 2.33 bits per heavy atom. The van der Waals surface area contributed by atoms with Crippen LogP contribution in [0, 0.1) is 0 Å². The number of anilines is 2. The number of nitrogen functional groups attached to an aromatic ring is 1. The van der Waals surface area contributed by atoms with Gasteiger partial charge < -0.3 is 11.1 Å². The Hall–Kier alpha value is -1.01. The Labute approximate surface area is 96.8 Å². The van der Waals surface area contributed by atoms with Gasteiger partial charge >= 0.3 is 0 Å². The fourth-order valence-corrected chi connectivity index (χ4v) is 1.87. The van der Waals surface area contributed by atoms with Crippen LogP contribution in [0.5, 0.6) is 0 Å². The van der Waals surface area contributed by atoms with E-state index >= 15 is 0 Å². The lowest BCUT2D eigenvalue weighted by Gasteiger charge is -2.06. The van der Waals surface area contributed by atoms with Crippen LogP contribution in [-0.2, 0) is 4.79 Å². The summed E-state index contributed by atoms with van der Waals surface area (Å²) in [6.45, 7) is 2.06. The van der Waals surface area contributed by atoms with Crippen LogP contribution in [0.15, 0.2) is 5.16 Å². The maximum atomic E-state index is 10.2. The quantitative estimate of drug-likeness (QED) is 0.358. The van der Waals surface area contributed by atoms with Crippen LogP contribution in [0.4, 0.5) is 11.5 Å². The van der Waals surface area contributed by atoms with E-state index in [4.69, 9.17) is 17.3 Å². The summed E-state index contributed by atoms with van der Waals surface area (Å²) in [5.74, 6) is 1.08. The SMILES string of the molecule is CCCSc1nc(N)c(NC=O)c(Cl)n1. The van der Waals surface area contributed by atoms with E-state index in [0.29, 0.717) is 11.6 Å². The molecule has 15 heavy (non-hydrogen) atoms. The van der Waals surface area contributed by atoms with Gasteiger partial charge in [0.05, 0.1) is 0 Å². The van der Waals surface area contributed by atoms with Gasteiger partial charge in [-0.05, 0) is 6.42 Å². The highest BCUT2D eigenvalue weighted by molar-refractivity contribution is 7.99. The number of hydrogen-bond acceptors (Lipinski definition) is 5. The van der Waals surface area contributed by atoms with Gasteiger partial charge in [-0.1, -0.05) is 30.3 Å². The van der Waals surface area contributed by atoms with E-state index in [1.807, 2.05) is 0 Å². The molecule has 7 heteroatoms. The van der Waals surface area contributed by atoms with Crippen molar-refractivity contribution >= 4 is 41.3 Å². The molecule has 1 rings (SSSR count). The lowest BCUT2D eigenvalue weighted by Crippen LogP contribution is -2.04. The molecule has 0 atom stereocenters. The van der Waals surface area contributed by atoms with E-state index < -0.39 is 0 Å². The summed E-state index contributed by atoms with van der Waals surface area (Å²) in [5.41, 5.74) is 5.87. The molecule has 5 nitrogen and oxygen atoms in total. The fourth-order valence-electron chi connectivity index (χ4n) is 0.880. The Bertz CT molecular complexity index is 337. The number of halogens is 1. The third-order valence-corrected chi connectivity index (χ3v) is 2.84. The zero-order chi connectivity index (χ0) is 11.3.